The molecular formula is C23H15Cl3N2O2. The smallest absolute Gasteiger partial charge is 0.256 e. The minimum Gasteiger partial charge on any atom is -0.497 e. The zero-order valence-corrected chi connectivity index (χ0v) is 18.0. The molecular weight excluding hydrogens is 443 g/mol. The van der Waals surface area contributed by atoms with Gasteiger partial charge in [0, 0.05) is 10.9 Å². The van der Waals surface area contributed by atoms with Gasteiger partial charge in [-0.2, -0.15) is 0 Å². The van der Waals surface area contributed by atoms with Crippen LogP contribution in [-0.2, 0) is 0 Å². The van der Waals surface area contributed by atoms with Crippen LogP contribution in [0.2, 0.25) is 15.1 Å². The van der Waals surface area contributed by atoms with Crippen LogP contribution < -0.4 is 10.1 Å². The molecule has 4 nitrogen and oxygen atoms in total. The average Bonchev–Trinajstić information content (AvgIpc) is 2.76. The Bertz CT molecular complexity index is 1270. The van der Waals surface area contributed by atoms with Crippen molar-refractivity contribution in [2.75, 3.05) is 12.4 Å². The van der Waals surface area contributed by atoms with Crippen LogP contribution in [0, 0.1) is 0 Å². The molecule has 1 amide bonds. The summed E-state index contributed by atoms with van der Waals surface area (Å²) in [6.45, 7) is 0. The maximum atomic E-state index is 13.2. The zero-order chi connectivity index (χ0) is 21.3. The molecule has 0 saturated carbocycles. The summed E-state index contributed by atoms with van der Waals surface area (Å²) in [4.78, 5) is 17.9. The molecule has 0 fully saturated rings. The molecule has 0 saturated heterocycles. The molecule has 0 aliphatic rings. The van der Waals surface area contributed by atoms with Gasteiger partial charge in [0.25, 0.3) is 5.91 Å². The molecule has 1 N–H and O–H groups in total. The van der Waals surface area contributed by atoms with Crippen molar-refractivity contribution in [1.82, 2.24) is 4.98 Å². The maximum absolute atomic E-state index is 13.2. The Kier molecular flexibility index (Phi) is 5.82. The predicted molar refractivity (Wildman–Crippen MR) is 123 cm³/mol. The maximum Gasteiger partial charge on any atom is 0.256 e. The molecule has 0 aliphatic heterocycles. The largest absolute Gasteiger partial charge is 0.497 e. The molecule has 0 spiro atoms. The van der Waals surface area contributed by atoms with Crippen molar-refractivity contribution in [2.24, 2.45) is 0 Å². The molecule has 3 aromatic carbocycles. The Morgan fingerprint density at radius 3 is 2.47 bits per heavy atom. The van der Waals surface area contributed by atoms with Gasteiger partial charge in [-0.3, -0.25) is 4.79 Å². The number of anilines is 1. The minimum atomic E-state index is -0.335. The number of methoxy groups -OCH3 is 1. The van der Waals surface area contributed by atoms with E-state index < -0.39 is 0 Å². The van der Waals surface area contributed by atoms with Crippen molar-refractivity contribution in [3.8, 4) is 17.0 Å². The lowest BCUT2D eigenvalue weighted by atomic mass is 10.0. The number of nitrogens with zero attached hydrogens (tertiary/aromatic N) is 1. The Balaban J connectivity index is 1.81. The van der Waals surface area contributed by atoms with E-state index in [1.54, 1.807) is 13.2 Å². The molecule has 1 heterocycles. The molecule has 0 aliphatic carbocycles. The number of pyridine rings is 1. The molecule has 0 unspecified atom stereocenters. The summed E-state index contributed by atoms with van der Waals surface area (Å²) in [7, 11) is 1.60. The lowest BCUT2D eigenvalue weighted by molar-refractivity contribution is 0.102. The van der Waals surface area contributed by atoms with Gasteiger partial charge in [-0.15, -0.1) is 0 Å². The third-order valence-corrected chi connectivity index (χ3v) is 5.62. The van der Waals surface area contributed by atoms with Gasteiger partial charge < -0.3 is 10.1 Å². The third kappa shape index (κ3) is 4.08. The fourth-order valence-electron chi connectivity index (χ4n) is 3.10. The van der Waals surface area contributed by atoms with E-state index in [1.807, 2.05) is 48.5 Å². The number of rotatable bonds is 4. The number of amides is 1. The van der Waals surface area contributed by atoms with E-state index in [4.69, 9.17) is 44.5 Å². The highest BCUT2D eigenvalue weighted by Gasteiger charge is 2.16. The van der Waals surface area contributed by atoms with Crippen molar-refractivity contribution >= 4 is 57.3 Å². The van der Waals surface area contributed by atoms with Crippen molar-refractivity contribution in [3.63, 3.8) is 0 Å². The summed E-state index contributed by atoms with van der Waals surface area (Å²) in [5.74, 6) is 0.370. The second-order valence-corrected chi connectivity index (χ2v) is 7.73. The van der Waals surface area contributed by atoms with Crippen LogP contribution in [0.4, 0.5) is 5.69 Å². The van der Waals surface area contributed by atoms with Gasteiger partial charge in [-0.25, -0.2) is 4.98 Å². The molecule has 0 radical (unpaired) electrons. The standard InChI is InChI=1S/C23H15Cl3N2O2/c1-30-14-6-4-5-13(9-14)21-10-16(15-7-2-3-8-20(15)27-21)23(29)28-22-12-18(25)17(24)11-19(22)26/h2-12H,1H3,(H,28,29). The van der Waals surface area contributed by atoms with Crippen molar-refractivity contribution in [2.45, 2.75) is 0 Å². The van der Waals surface area contributed by atoms with Crippen LogP contribution in [-0.4, -0.2) is 18.0 Å². The molecule has 4 aromatic rings. The fourth-order valence-corrected chi connectivity index (χ4v) is 3.70. The second-order valence-electron chi connectivity index (χ2n) is 6.50. The first-order chi connectivity index (χ1) is 14.5. The summed E-state index contributed by atoms with van der Waals surface area (Å²) in [6.07, 6.45) is 0. The average molecular weight is 458 g/mol. The molecule has 4 rings (SSSR count). The van der Waals surface area contributed by atoms with Crippen LogP contribution in [0.1, 0.15) is 10.4 Å². The Morgan fingerprint density at radius 2 is 1.67 bits per heavy atom. The zero-order valence-electron chi connectivity index (χ0n) is 15.7. The van der Waals surface area contributed by atoms with Crippen LogP contribution in [0.5, 0.6) is 5.75 Å². The predicted octanol–water partition coefficient (Wildman–Crippen LogP) is 7.12. The van der Waals surface area contributed by atoms with Crippen molar-refractivity contribution in [3.05, 3.63) is 87.4 Å². The number of carbonyl (C=O) groups is 1. The number of para-hydroxylation sites is 1. The van der Waals surface area contributed by atoms with E-state index in [9.17, 15) is 4.79 Å². The summed E-state index contributed by atoms with van der Waals surface area (Å²) < 4.78 is 5.31. The van der Waals surface area contributed by atoms with E-state index in [0.29, 0.717) is 43.3 Å². The number of fused-ring (bicyclic) bond motifs is 1. The quantitative estimate of drug-likeness (QED) is 0.332. The van der Waals surface area contributed by atoms with Crippen LogP contribution in [0.15, 0.2) is 66.7 Å². The van der Waals surface area contributed by atoms with Crippen LogP contribution in [0.25, 0.3) is 22.2 Å². The van der Waals surface area contributed by atoms with E-state index in [-0.39, 0.29) is 5.91 Å². The van der Waals surface area contributed by atoms with Crippen molar-refractivity contribution in [1.29, 1.82) is 0 Å². The van der Waals surface area contributed by atoms with Gasteiger partial charge in [0.15, 0.2) is 0 Å². The second kappa shape index (κ2) is 8.52. The lowest BCUT2D eigenvalue weighted by Crippen LogP contribution is -2.13. The highest BCUT2D eigenvalue weighted by atomic mass is 35.5. The monoisotopic (exact) mass is 456 g/mol. The van der Waals surface area contributed by atoms with Gasteiger partial charge in [0.1, 0.15) is 5.75 Å². The molecule has 30 heavy (non-hydrogen) atoms. The van der Waals surface area contributed by atoms with Gasteiger partial charge in [0.2, 0.25) is 0 Å². The number of halogens is 3. The normalized spacial score (nSPS) is 10.8. The number of hydrogen-bond acceptors (Lipinski definition) is 3. The number of hydrogen-bond donors (Lipinski definition) is 1. The molecule has 1 aromatic heterocycles. The van der Waals surface area contributed by atoms with E-state index in [2.05, 4.69) is 5.32 Å². The number of ether oxygens (including phenoxy) is 1. The Morgan fingerprint density at radius 1 is 0.900 bits per heavy atom. The minimum absolute atomic E-state index is 0.295. The van der Waals surface area contributed by atoms with E-state index in [1.165, 1.54) is 12.1 Å². The topological polar surface area (TPSA) is 51.2 Å². The summed E-state index contributed by atoms with van der Waals surface area (Å²) in [5.41, 5.74) is 3.02. The third-order valence-electron chi connectivity index (χ3n) is 4.58. The van der Waals surface area contributed by atoms with Crippen LogP contribution >= 0.6 is 34.8 Å². The lowest BCUT2D eigenvalue weighted by Gasteiger charge is -2.12. The van der Waals surface area contributed by atoms with E-state index in [0.717, 1.165) is 10.9 Å². The molecule has 0 bridgehead atoms. The highest BCUT2D eigenvalue weighted by Crippen LogP contribution is 2.33. The molecule has 7 heteroatoms. The number of nitrogens with one attached hydrogen (secondary N) is 1. The van der Waals surface area contributed by atoms with Crippen LogP contribution in [0.3, 0.4) is 0 Å². The van der Waals surface area contributed by atoms with Gasteiger partial charge in [-0.1, -0.05) is 65.1 Å². The molecule has 150 valence electrons. The van der Waals surface area contributed by atoms with Gasteiger partial charge in [-0.05, 0) is 36.4 Å². The Hall–Kier alpha value is -2.79. The summed E-state index contributed by atoms with van der Waals surface area (Å²) >= 11 is 18.3. The fraction of sp³-hybridized carbons (Fsp3) is 0.0435. The van der Waals surface area contributed by atoms with E-state index >= 15 is 0 Å². The van der Waals surface area contributed by atoms with Crippen molar-refractivity contribution < 1.29 is 9.53 Å². The SMILES string of the molecule is COc1cccc(-c2cc(C(=O)Nc3cc(Cl)c(Cl)cc3Cl)c3ccccc3n2)c1. The number of aromatic nitrogens is 1. The molecule has 0 atom stereocenters. The van der Waals surface area contributed by atoms with Gasteiger partial charge in [0.05, 0.1) is 44.6 Å². The number of benzene rings is 3. The number of carbonyl (C=O) groups excluding carboxylic acids is 1. The first-order valence-corrected chi connectivity index (χ1v) is 10.1. The van der Waals surface area contributed by atoms with Gasteiger partial charge >= 0.3 is 0 Å². The highest BCUT2D eigenvalue weighted by molar-refractivity contribution is 6.44. The Labute approximate surface area is 188 Å². The first-order valence-electron chi connectivity index (χ1n) is 8.96. The summed E-state index contributed by atoms with van der Waals surface area (Å²) in [6, 6.07) is 19.7. The summed E-state index contributed by atoms with van der Waals surface area (Å²) in [5, 5.41) is 4.45. The first kappa shape index (κ1) is 20.5.